The Balaban J connectivity index is 0.965. The summed E-state index contributed by atoms with van der Waals surface area (Å²) >= 11 is 6.53. The van der Waals surface area contributed by atoms with Gasteiger partial charge in [0.1, 0.15) is 23.3 Å². The first kappa shape index (κ1) is 26.0. The molecule has 1 saturated heterocycles. The summed E-state index contributed by atoms with van der Waals surface area (Å²) < 4.78 is 8.21. The maximum atomic E-state index is 6.53. The second kappa shape index (κ2) is 11.5. The SMILES string of the molecule is Clc1cnc2n1CCc1ccccc1C2=C1CCN(CCc2ccc(OCc3ccc4ccccc4n3)cc2)CC1. The predicted molar refractivity (Wildman–Crippen MR) is 165 cm³/mol. The summed E-state index contributed by atoms with van der Waals surface area (Å²) in [6.07, 6.45) is 5.93. The first-order chi connectivity index (χ1) is 20.2. The smallest absolute Gasteiger partial charge is 0.141 e. The van der Waals surface area contributed by atoms with Crippen molar-refractivity contribution in [2.45, 2.75) is 38.8 Å². The molecule has 3 aromatic carbocycles. The van der Waals surface area contributed by atoms with Gasteiger partial charge in [0.2, 0.25) is 0 Å². The molecule has 5 aromatic rings. The van der Waals surface area contributed by atoms with Crippen molar-refractivity contribution in [2.24, 2.45) is 0 Å². The number of imidazole rings is 1. The second-order valence-electron chi connectivity index (χ2n) is 11.0. The van der Waals surface area contributed by atoms with Crippen molar-refractivity contribution in [3.05, 3.63) is 130 Å². The molecule has 0 spiro atoms. The third-order valence-corrected chi connectivity index (χ3v) is 8.72. The molecule has 2 aliphatic rings. The van der Waals surface area contributed by atoms with Crippen molar-refractivity contribution in [1.29, 1.82) is 0 Å². The maximum Gasteiger partial charge on any atom is 0.141 e. The number of fused-ring (bicyclic) bond motifs is 3. The lowest BCUT2D eigenvalue weighted by molar-refractivity contribution is 0.260. The highest BCUT2D eigenvalue weighted by Gasteiger charge is 2.26. The molecule has 206 valence electrons. The molecule has 2 aliphatic heterocycles. The number of nitrogens with zero attached hydrogens (tertiary/aromatic N) is 4. The van der Waals surface area contributed by atoms with E-state index in [2.05, 4.69) is 70.1 Å². The van der Waals surface area contributed by atoms with Gasteiger partial charge < -0.3 is 14.2 Å². The number of rotatable bonds is 6. The lowest BCUT2D eigenvalue weighted by atomic mass is 9.90. The van der Waals surface area contributed by atoms with Gasteiger partial charge in [0.15, 0.2) is 0 Å². The van der Waals surface area contributed by atoms with Gasteiger partial charge in [-0.05, 0) is 66.6 Å². The summed E-state index contributed by atoms with van der Waals surface area (Å²) in [4.78, 5) is 12.1. The molecule has 1 fully saturated rings. The van der Waals surface area contributed by atoms with Crippen LogP contribution in [0, 0.1) is 0 Å². The Morgan fingerprint density at radius 2 is 1.61 bits per heavy atom. The van der Waals surface area contributed by atoms with Gasteiger partial charge in [-0.1, -0.05) is 77.8 Å². The fourth-order valence-electron chi connectivity index (χ4n) is 6.13. The second-order valence-corrected chi connectivity index (χ2v) is 11.3. The molecule has 0 atom stereocenters. The van der Waals surface area contributed by atoms with Crippen molar-refractivity contribution in [3.63, 3.8) is 0 Å². The fourth-order valence-corrected chi connectivity index (χ4v) is 6.35. The van der Waals surface area contributed by atoms with E-state index in [1.807, 2.05) is 24.3 Å². The van der Waals surface area contributed by atoms with E-state index in [9.17, 15) is 0 Å². The molecule has 0 N–H and O–H groups in total. The molecular weight excluding hydrogens is 528 g/mol. The van der Waals surface area contributed by atoms with Gasteiger partial charge in [0.25, 0.3) is 0 Å². The van der Waals surface area contributed by atoms with E-state index in [0.29, 0.717) is 6.61 Å². The number of hydrogen-bond donors (Lipinski definition) is 0. The van der Waals surface area contributed by atoms with E-state index in [4.69, 9.17) is 26.3 Å². The Morgan fingerprint density at radius 3 is 2.49 bits per heavy atom. The van der Waals surface area contributed by atoms with Gasteiger partial charge in [0.05, 0.1) is 17.4 Å². The summed E-state index contributed by atoms with van der Waals surface area (Å²) in [5.41, 5.74) is 8.79. The first-order valence-electron chi connectivity index (χ1n) is 14.5. The summed E-state index contributed by atoms with van der Waals surface area (Å²) in [6, 6.07) is 29.6. The fraction of sp³-hybridized carbons (Fsp3) is 0.257. The summed E-state index contributed by atoms with van der Waals surface area (Å²) in [7, 11) is 0. The third-order valence-electron chi connectivity index (χ3n) is 8.42. The summed E-state index contributed by atoms with van der Waals surface area (Å²) in [5, 5.41) is 1.87. The highest BCUT2D eigenvalue weighted by atomic mass is 35.5. The lowest BCUT2D eigenvalue weighted by Gasteiger charge is -2.30. The van der Waals surface area contributed by atoms with Crippen LogP contribution in [0.5, 0.6) is 5.75 Å². The Hall–Kier alpha value is -3.93. The number of pyridine rings is 1. The van der Waals surface area contributed by atoms with Crippen LogP contribution in [0.1, 0.15) is 41.1 Å². The van der Waals surface area contributed by atoms with Crippen LogP contribution in [-0.2, 0) is 26.0 Å². The summed E-state index contributed by atoms with van der Waals surface area (Å²) in [5.74, 6) is 1.90. The number of halogens is 1. The normalized spacial score (nSPS) is 15.4. The topological polar surface area (TPSA) is 43.2 Å². The van der Waals surface area contributed by atoms with Crippen LogP contribution in [0.4, 0.5) is 0 Å². The van der Waals surface area contributed by atoms with Gasteiger partial charge in [-0.3, -0.25) is 0 Å². The zero-order chi connectivity index (χ0) is 27.6. The highest BCUT2D eigenvalue weighted by Crippen LogP contribution is 2.37. The van der Waals surface area contributed by atoms with Gasteiger partial charge in [0, 0.05) is 37.1 Å². The number of likely N-dealkylation sites (tertiary alicyclic amines) is 1. The van der Waals surface area contributed by atoms with Crippen LogP contribution < -0.4 is 4.74 Å². The average molecular weight is 561 g/mol. The molecule has 7 rings (SSSR count). The molecule has 0 radical (unpaired) electrons. The number of ether oxygens (including phenoxy) is 1. The number of aryl methyl sites for hydroxylation is 1. The van der Waals surface area contributed by atoms with Crippen molar-refractivity contribution < 1.29 is 4.74 Å². The quantitative estimate of drug-likeness (QED) is 0.218. The van der Waals surface area contributed by atoms with Crippen LogP contribution in [0.3, 0.4) is 0 Å². The van der Waals surface area contributed by atoms with Gasteiger partial charge in [-0.15, -0.1) is 0 Å². The minimum Gasteiger partial charge on any atom is -0.487 e. The molecular formula is C35H33ClN4O. The number of hydrogen-bond acceptors (Lipinski definition) is 4. The maximum absolute atomic E-state index is 6.53. The molecule has 6 heteroatoms. The van der Waals surface area contributed by atoms with Crippen LogP contribution in [0.15, 0.2) is 96.7 Å². The lowest BCUT2D eigenvalue weighted by Crippen LogP contribution is -2.33. The molecule has 0 saturated carbocycles. The molecule has 0 bridgehead atoms. The standard InChI is InChI=1S/C35H33ClN4O/c36-33-23-37-35-34(31-7-3-1-5-26(31)18-22-40(33)35)28-16-20-39(21-17-28)19-15-25-9-13-30(14-10-25)41-24-29-12-11-27-6-2-4-8-32(27)38-29/h1-14,23H,15-22,24H2. The summed E-state index contributed by atoms with van der Waals surface area (Å²) in [6.45, 7) is 4.52. The Kier molecular flexibility index (Phi) is 7.30. The van der Waals surface area contributed by atoms with Gasteiger partial charge >= 0.3 is 0 Å². The molecule has 2 aromatic heterocycles. The Bertz CT molecular complexity index is 1710. The van der Waals surface area contributed by atoms with E-state index in [0.717, 1.165) is 85.2 Å². The molecule has 0 amide bonds. The van der Waals surface area contributed by atoms with E-state index < -0.39 is 0 Å². The van der Waals surface area contributed by atoms with Crippen LogP contribution >= 0.6 is 11.6 Å². The molecule has 41 heavy (non-hydrogen) atoms. The number of para-hydroxylation sites is 1. The predicted octanol–water partition coefficient (Wildman–Crippen LogP) is 7.36. The van der Waals surface area contributed by atoms with Crippen LogP contribution in [-0.4, -0.2) is 39.1 Å². The van der Waals surface area contributed by atoms with Crippen LogP contribution in [0.2, 0.25) is 5.15 Å². The zero-order valence-corrected chi connectivity index (χ0v) is 23.9. The highest BCUT2D eigenvalue weighted by molar-refractivity contribution is 6.29. The van der Waals surface area contributed by atoms with Crippen molar-refractivity contribution >= 4 is 28.1 Å². The minimum absolute atomic E-state index is 0.465. The minimum atomic E-state index is 0.465. The molecule has 0 aliphatic carbocycles. The van der Waals surface area contributed by atoms with Gasteiger partial charge in [-0.2, -0.15) is 0 Å². The largest absolute Gasteiger partial charge is 0.487 e. The number of piperidine rings is 1. The molecule has 4 heterocycles. The van der Waals surface area contributed by atoms with E-state index in [1.165, 1.54) is 27.8 Å². The zero-order valence-electron chi connectivity index (χ0n) is 23.1. The molecule has 0 unspecified atom stereocenters. The first-order valence-corrected chi connectivity index (χ1v) is 14.9. The van der Waals surface area contributed by atoms with Crippen molar-refractivity contribution in [1.82, 2.24) is 19.4 Å². The number of benzene rings is 3. The van der Waals surface area contributed by atoms with Crippen molar-refractivity contribution in [3.8, 4) is 5.75 Å². The van der Waals surface area contributed by atoms with E-state index in [-0.39, 0.29) is 0 Å². The van der Waals surface area contributed by atoms with Crippen LogP contribution in [0.25, 0.3) is 16.5 Å². The monoisotopic (exact) mass is 560 g/mol. The molecule has 5 nitrogen and oxygen atoms in total. The van der Waals surface area contributed by atoms with E-state index >= 15 is 0 Å². The number of aromatic nitrogens is 3. The third kappa shape index (κ3) is 5.52. The van der Waals surface area contributed by atoms with Crippen molar-refractivity contribution in [2.75, 3.05) is 19.6 Å². The van der Waals surface area contributed by atoms with E-state index in [1.54, 1.807) is 6.20 Å². The van der Waals surface area contributed by atoms with Gasteiger partial charge in [-0.25, -0.2) is 9.97 Å². The Labute approximate surface area is 246 Å². The average Bonchev–Trinajstić information content (AvgIpc) is 3.29. The Morgan fingerprint density at radius 1 is 0.805 bits per heavy atom.